The first-order valence-electron chi connectivity index (χ1n) is 8.80. The fourth-order valence-corrected chi connectivity index (χ4v) is 3.06. The first kappa shape index (κ1) is 18.3. The zero-order valence-electron chi connectivity index (χ0n) is 16.1. The van der Waals surface area contributed by atoms with Crippen LogP contribution in [0.15, 0.2) is 42.9 Å². The molecule has 0 radical (unpaired) electrons. The SMILES string of the molecule is [C-]#[N+]c1cnc(Nc2ccc(OC)c(OC)c2)nc1-c1c[nH]c2ncc(C)cc12. The quantitative estimate of drug-likeness (QED) is 0.486. The van der Waals surface area contributed by atoms with E-state index in [1.165, 1.54) is 6.20 Å². The maximum Gasteiger partial charge on any atom is 0.231 e. The van der Waals surface area contributed by atoms with Crippen LogP contribution in [0.4, 0.5) is 17.3 Å². The molecular weight excluding hydrogens is 368 g/mol. The summed E-state index contributed by atoms with van der Waals surface area (Å²) in [6.07, 6.45) is 5.12. The van der Waals surface area contributed by atoms with Crippen molar-refractivity contribution in [3.8, 4) is 22.8 Å². The summed E-state index contributed by atoms with van der Waals surface area (Å²) in [5.74, 6) is 1.59. The molecule has 2 N–H and O–H groups in total. The molecule has 4 aromatic rings. The van der Waals surface area contributed by atoms with E-state index in [4.69, 9.17) is 16.0 Å². The molecule has 0 atom stereocenters. The van der Waals surface area contributed by atoms with Gasteiger partial charge in [0.05, 0.1) is 26.5 Å². The molecule has 8 heteroatoms. The number of hydrogen-bond acceptors (Lipinski definition) is 6. The average molecular weight is 386 g/mol. The molecule has 0 aliphatic rings. The van der Waals surface area contributed by atoms with Gasteiger partial charge in [-0.25, -0.2) is 19.8 Å². The summed E-state index contributed by atoms with van der Waals surface area (Å²) in [5, 5.41) is 4.06. The highest BCUT2D eigenvalue weighted by molar-refractivity contribution is 5.96. The van der Waals surface area contributed by atoms with E-state index in [1.54, 1.807) is 32.5 Å². The van der Waals surface area contributed by atoms with Crippen molar-refractivity contribution in [2.24, 2.45) is 0 Å². The Hall–Kier alpha value is -4.12. The summed E-state index contributed by atoms with van der Waals surface area (Å²) in [6.45, 7) is 9.47. The molecular formula is C21H18N6O2. The van der Waals surface area contributed by atoms with Gasteiger partial charge in [-0.1, -0.05) is 0 Å². The molecule has 0 aliphatic carbocycles. The number of methoxy groups -OCH3 is 2. The molecule has 0 bridgehead atoms. The van der Waals surface area contributed by atoms with Crippen molar-refractivity contribution in [2.75, 3.05) is 19.5 Å². The second-order valence-electron chi connectivity index (χ2n) is 6.35. The number of pyridine rings is 1. The van der Waals surface area contributed by atoms with E-state index in [0.29, 0.717) is 28.8 Å². The van der Waals surface area contributed by atoms with E-state index in [2.05, 4.69) is 30.1 Å². The molecule has 29 heavy (non-hydrogen) atoms. The number of ether oxygens (including phenoxy) is 2. The highest BCUT2D eigenvalue weighted by Crippen LogP contribution is 2.35. The van der Waals surface area contributed by atoms with Gasteiger partial charge in [0.25, 0.3) is 0 Å². The van der Waals surface area contributed by atoms with Gasteiger partial charge in [-0.15, -0.1) is 0 Å². The molecule has 0 fully saturated rings. The fraction of sp³-hybridized carbons (Fsp3) is 0.143. The first-order chi connectivity index (χ1) is 14.1. The molecule has 0 saturated heterocycles. The van der Waals surface area contributed by atoms with Crippen molar-refractivity contribution in [3.05, 3.63) is 59.8 Å². The summed E-state index contributed by atoms with van der Waals surface area (Å²) < 4.78 is 10.6. The van der Waals surface area contributed by atoms with Crippen LogP contribution < -0.4 is 14.8 Å². The summed E-state index contributed by atoms with van der Waals surface area (Å²) >= 11 is 0. The number of fused-ring (bicyclic) bond motifs is 1. The number of aromatic amines is 1. The maximum atomic E-state index is 7.50. The van der Waals surface area contributed by atoms with Gasteiger partial charge in [0.15, 0.2) is 11.5 Å². The van der Waals surface area contributed by atoms with E-state index < -0.39 is 0 Å². The van der Waals surface area contributed by atoms with E-state index in [1.807, 2.05) is 25.3 Å². The molecule has 0 saturated carbocycles. The van der Waals surface area contributed by atoms with Gasteiger partial charge >= 0.3 is 0 Å². The van der Waals surface area contributed by atoms with Gasteiger partial charge in [0, 0.05) is 41.3 Å². The molecule has 0 aliphatic heterocycles. The number of nitrogens with zero attached hydrogens (tertiary/aromatic N) is 4. The van der Waals surface area contributed by atoms with E-state index in [-0.39, 0.29) is 0 Å². The van der Waals surface area contributed by atoms with Crippen molar-refractivity contribution in [2.45, 2.75) is 6.92 Å². The van der Waals surface area contributed by atoms with Crippen molar-refractivity contribution < 1.29 is 9.47 Å². The van der Waals surface area contributed by atoms with Crippen LogP contribution >= 0.6 is 0 Å². The number of aromatic nitrogens is 4. The second-order valence-corrected chi connectivity index (χ2v) is 6.35. The lowest BCUT2D eigenvalue weighted by Gasteiger charge is -2.11. The van der Waals surface area contributed by atoms with Crippen LogP contribution in [-0.4, -0.2) is 34.2 Å². The second kappa shape index (κ2) is 7.48. The molecule has 0 unspecified atom stereocenters. The molecule has 4 rings (SSSR count). The zero-order chi connectivity index (χ0) is 20.4. The first-order valence-corrected chi connectivity index (χ1v) is 8.80. The van der Waals surface area contributed by atoms with Crippen LogP contribution in [0.25, 0.3) is 27.1 Å². The molecule has 3 aromatic heterocycles. The summed E-state index contributed by atoms with van der Waals surface area (Å²) in [5.41, 5.74) is 4.22. The Kier molecular flexibility index (Phi) is 4.71. The topological polar surface area (TPSA) is 89.3 Å². The number of rotatable bonds is 5. The maximum absolute atomic E-state index is 7.50. The van der Waals surface area contributed by atoms with Crippen LogP contribution in [-0.2, 0) is 0 Å². The predicted octanol–water partition coefficient (Wildman–Crippen LogP) is 4.64. The van der Waals surface area contributed by atoms with E-state index in [9.17, 15) is 0 Å². The lowest BCUT2D eigenvalue weighted by molar-refractivity contribution is 0.355. The summed E-state index contributed by atoms with van der Waals surface area (Å²) in [6, 6.07) is 7.45. The number of anilines is 2. The third-order valence-corrected chi connectivity index (χ3v) is 4.45. The van der Waals surface area contributed by atoms with Gasteiger partial charge in [-0.2, -0.15) is 0 Å². The van der Waals surface area contributed by atoms with Crippen LogP contribution in [0.3, 0.4) is 0 Å². The van der Waals surface area contributed by atoms with Crippen molar-refractivity contribution in [3.63, 3.8) is 0 Å². The summed E-state index contributed by atoms with van der Waals surface area (Å²) in [7, 11) is 3.16. The standard InChI is InChI=1S/C21H18N6O2/c1-12-7-14-15(10-24-20(14)23-9-12)19-16(22-2)11-25-21(27-19)26-13-5-6-17(28-3)18(8-13)29-4/h5-11H,1,3-4H3,(H,23,24)(H,25,26,27). The largest absolute Gasteiger partial charge is 0.493 e. The fourth-order valence-electron chi connectivity index (χ4n) is 3.06. The highest BCUT2D eigenvalue weighted by Gasteiger charge is 2.15. The third kappa shape index (κ3) is 3.41. The number of benzene rings is 1. The number of hydrogen-bond donors (Lipinski definition) is 2. The molecule has 144 valence electrons. The van der Waals surface area contributed by atoms with Crippen LogP contribution in [0.1, 0.15) is 5.56 Å². The highest BCUT2D eigenvalue weighted by atomic mass is 16.5. The Labute approximate surface area is 167 Å². The molecule has 1 aromatic carbocycles. The van der Waals surface area contributed by atoms with Crippen LogP contribution in [0.2, 0.25) is 0 Å². The van der Waals surface area contributed by atoms with Gasteiger partial charge in [-0.3, -0.25) is 0 Å². The minimum Gasteiger partial charge on any atom is -0.493 e. The number of H-pyrrole nitrogens is 1. The Morgan fingerprint density at radius 3 is 2.66 bits per heavy atom. The number of aryl methyl sites for hydroxylation is 1. The monoisotopic (exact) mass is 386 g/mol. The Balaban J connectivity index is 1.76. The Bertz CT molecular complexity index is 1240. The predicted molar refractivity (Wildman–Crippen MR) is 111 cm³/mol. The van der Waals surface area contributed by atoms with Crippen molar-refractivity contribution >= 4 is 28.4 Å². The summed E-state index contributed by atoms with van der Waals surface area (Å²) in [4.78, 5) is 20.0. The van der Waals surface area contributed by atoms with E-state index in [0.717, 1.165) is 27.8 Å². The smallest absolute Gasteiger partial charge is 0.231 e. The van der Waals surface area contributed by atoms with Gasteiger partial charge in [0.2, 0.25) is 11.6 Å². The molecule has 3 heterocycles. The lowest BCUT2D eigenvalue weighted by atomic mass is 10.1. The van der Waals surface area contributed by atoms with Crippen molar-refractivity contribution in [1.29, 1.82) is 0 Å². The van der Waals surface area contributed by atoms with Crippen LogP contribution in [0.5, 0.6) is 11.5 Å². The normalized spacial score (nSPS) is 10.6. The van der Waals surface area contributed by atoms with Gasteiger partial charge in [-0.05, 0) is 30.7 Å². The third-order valence-electron chi connectivity index (χ3n) is 4.45. The lowest BCUT2D eigenvalue weighted by Crippen LogP contribution is -1.99. The Morgan fingerprint density at radius 2 is 1.90 bits per heavy atom. The zero-order valence-corrected chi connectivity index (χ0v) is 16.1. The molecule has 8 nitrogen and oxygen atoms in total. The molecule has 0 amide bonds. The minimum absolute atomic E-state index is 0.366. The minimum atomic E-state index is 0.366. The van der Waals surface area contributed by atoms with E-state index >= 15 is 0 Å². The number of nitrogens with one attached hydrogen (secondary N) is 2. The van der Waals surface area contributed by atoms with Crippen molar-refractivity contribution in [1.82, 2.24) is 19.9 Å². The van der Waals surface area contributed by atoms with Crippen LogP contribution in [0, 0.1) is 13.5 Å². The van der Waals surface area contributed by atoms with Gasteiger partial charge < -0.3 is 19.8 Å². The average Bonchev–Trinajstić information content (AvgIpc) is 3.16. The molecule has 0 spiro atoms. The van der Waals surface area contributed by atoms with Gasteiger partial charge in [0.1, 0.15) is 5.65 Å². The Morgan fingerprint density at radius 1 is 1.07 bits per heavy atom.